The van der Waals surface area contributed by atoms with Crippen molar-refractivity contribution in [3.63, 3.8) is 0 Å². The Labute approximate surface area is 84.7 Å². The average molecular weight is 192 g/mol. The molecule has 0 aliphatic rings. The van der Waals surface area contributed by atoms with E-state index in [4.69, 9.17) is 0 Å². The van der Waals surface area contributed by atoms with Gasteiger partial charge in [-0.15, -0.1) is 0 Å². The summed E-state index contributed by atoms with van der Waals surface area (Å²) in [5, 5.41) is 2.81. The topological polar surface area (TPSA) is 32.3 Å². The molecule has 0 saturated carbocycles. The van der Waals surface area contributed by atoms with E-state index in [1.165, 1.54) is 6.92 Å². The SMILES string of the molecule is CC(=O)Nc1ccccc1CN(C)C. The largest absolute Gasteiger partial charge is 0.326 e. The zero-order valence-corrected chi connectivity index (χ0v) is 8.87. The molecule has 1 aromatic carbocycles. The Balaban J connectivity index is 2.85. The van der Waals surface area contributed by atoms with E-state index in [1.54, 1.807) is 0 Å². The van der Waals surface area contributed by atoms with Gasteiger partial charge in [0.25, 0.3) is 0 Å². The first-order chi connectivity index (χ1) is 6.59. The van der Waals surface area contributed by atoms with Crippen LogP contribution < -0.4 is 5.32 Å². The number of carbonyl (C=O) groups is 1. The van der Waals surface area contributed by atoms with Crippen LogP contribution in [0.5, 0.6) is 0 Å². The van der Waals surface area contributed by atoms with Gasteiger partial charge >= 0.3 is 0 Å². The van der Waals surface area contributed by atoms with Gasteiger partial charge in [-0.1, -0.05) is 18.2 Å². The Kier molecular flexibility index (Phi) is 3.65. The fourth-order valence-corrected chi connectivity index (χ4v) is 1.31. The fourth-order valence-electron chi connectivity index (χ4n) is 1.31. The molecule has 0 aromatic heterocycles. The van der Waals surface area contributed by atoms with Crippen molar-refractivity contribution in [1.29, 1.82) is 0 Å². The summed E-state index contributed by atoms with van der Waals surface area (Å²) in [7, 11) is 4.01. The highest BCUT2D eigenvalue weighted by Gasteiger charge is 2.03. The van der Waals surface area contributed by atoms with Crippen LogP contribution in [0.4, 0.5) is 5.69 Å². The quantitative estimate of drug-likeness (QED) is 0.790. The number of anilines is 1. The minimum atomic E-state index is -0.0313. The first-order valence-electron chi connectivity index (χ1n) is 4.60. The molecule has 0 fully saturated rings. The molecule has 0 aliphatic heterocycles. The maximum atomic E-state index is 10.9. The molecule has 0 radical (unpaired) electrons. The monoisotopic (exact) mass is 192 g/mol. The van der Waals surface area contributed by atoms with Crippen molar-refractivity contribution in [1.82, 2.24) is 4.90 Å². The molecule has 1 N–H and O–H groups in total. The first kappa shape index (κ1) is 10.7. The molecule has 1 rings (SSSR count). The summed E-state index contributed by atoms with van der Waals surface area (Å²) in [5.74, 6) is -0.0313. The zero-order valence-electron chi connectivity index (χ0n) is 8.87. The lowest BCUT2D eigenvalue weighted by atomic mass is 10.1. The molecule has 0 atom stereocenters. The molecular formula is C11H16N2O. The Morgan fingerprint density at radius 1 is 1.36 bits per heavy atom. The predicted molar refractivity (Wildman–Crippen MR) is 58.1 cm³/mol. The van der Waals surface area contributed by atoms with E-state index in [0.717, 1.165) is 17.8 Å². The van der Waals surface area contributed by atoms with Gasteiger partial charge in [-0.2, -0.15) is 0 Å². The molecule has 1 amide bonds. The molecule has 0 unspecified atom stereocenters. The Hall–Kier alpha value is -1.35. The van der Waals surface area contributed by atoms with Crippen LogP contribution in [0.25, 0.3) is 0 Å². The molecule has 1 aromatic rings. The number of para-hydroxylation sites is 1. The number of rotatable bonds is 3. The second kappa shape index (κ2) is 4.77. The van der Waals surface area contributed by atoms with Crippen molar-refractivity contribution >= 4 is 11.6 Å². The molecule has 0 saturated heterocycles. The Morgan fingerprint density at radius 2 is 2.00 bits per heavy atom. The van der Waals surface area contributed by atoms with E-state index in [0.29, 0.717) is 0 Å². The summed E-state index contributed by atoms with van der Waals surface area (Å²) in [4.78, 5) is 13.0. The van der Waals surface area contributed by atoms with Crippen LogP contribution in [0.2, 0.25) is 0 Å². The van der Waals surface area contributed by atoms with E-state index in [1.807, 2.05) is 38.4 Å². The maximum absolute atomic E-state index is 10.9. The molecule has 14 heavy (non-hydrogen) atoms. The summed E-state index contributed by atoms with van der Waals surface area (Å²) < 4.78 is 0. The summed E-state index contributed by atoms with van der Waals surface area (Å²) in [6.07, 6.45) is 0. The third kappa shape index (κ3) is 3.18. The second-order valence-corrected chi connectivity index (χ2v) is 3.58. The lowest BCUT2D eigenvalue weighted by Crippen LogP contribution is -2.14. The number of hydrogen-bond donors (Lipinski definition) is 1. The fraction of sp³-hybridized carbons (Fsp3) is 0.364. The minimum absolute atomic E-state index is 0.0313. The summed E-state index contributed by atoms with van der Waals surface area (Å²) in [6, 6.07) is 7.83. The van der Waals surface area contributed by atoms with Gasteiger partial charge in [0.1, 0.15) is 0 Å². The molecule has 3 nitrogen and oxygen atoms in total. The van der Waals surface area contributed by atoms with Gasteiger partial charge in [0, 0.05) is 19.2 Å². The van der Waals surface area contributed by atoms with Crippen molar-refractivity contribution in [2.45, 2.75) is 13.5 Å². The van der Waals surface area contributed by atoms with Gasteiger partial charge in [-0.3, -0.25) is 4.79 Å². The first-order valence-corrected chi connectivity index (χ1v) is 4.60. The van der Waals surface area contributed by atoms with E-state index in [2.05, 4.69) is 10.2 Å². The molecule has 76 valence electrons. The number of nitrogens with one attached hydrogen (secondary N) is 1. The standard InChI is InChI=1S/C11H16N2O/c1-9(14)12-11-7-5-4-6-10(11)8-13(2)3/h4-7H,8H2,1-3H3,(H,12,14). The lowest BCUT2D eigenvalue weighted by molar-refractivity contribution is -0.114. The van der Waals surface area contributed by atoms with Gasteiger partial charge < -0.3 is 10.2 Å². The normalized spacial score (nSPS) is 10.3. The van der Waals surface area contributed by atoms with Crippen molar-refractivity contribution in [2.24, 2.45) is 0 Å². The average Bonchev–Trinajstić information content (AvgIpc) is 2.06. The van der Waals surface area contributed by atoms with Crippen LogP contribution in [0.3, 0.4) is 0 Å². The summed E-state index contributed by atoms with van der Waals surface area (Å²) in [6.45, 7) is 2.35. The molecular weight excluding hydrogens is 176 g/mol. The highest BCUT2D eigenvalue weighted by molar-refractivity contribution is 5.89. The molecule has 0 bridgehead atoms. The molecule has 3 heteroatoms. The number of amides is 1. The van der Waals surface area contributed by atoms with Gasteiger partial charge in [-0.25, -0.2) is 0 Å². The van der Waals surface area contributed by atoms with Crippen LogP contribution >= 0.6 is 0 Å². The predicted octanol–water partition coefficient (Wildman–Crippen LogP) is 1.71. The molecule has 0 spiro atoms. The van der Waals surface area contributed by atoms with Crippen molar-refractivity contribution < 1.29 is 4.79 Å². The van der Waals surface area contributed by atoms with Gasteiger partial charge in [0.2, 0.25) is 5.91 Å². The smallest absolute Gasteiger partial charge is 0.221 e. The molecule has 0 heterocycles. The third-order valence-corrected chi connectivity index (χ3v) is 1.81. The molecule has 0 aliphatic carbocycles. The van der Waals surface area contributed by atoms with E-state index >= 15 is 0 Å². The van der Waals surface area contributed by atoms with Gasteiger partial charge in [-0.05, 0) is 25.7 Å². The van der Waals surface area contributed by atoms with Crippen LogP contribution in [-0.2, 0) is 11.3 Å². The second-order valence-electron chi connectivity index (χ2n) is 3.58. The maximum Gasteiger partial charge on any atom is 0.221 e. The number of benzene rings is 1. The van der Waals surface area contributed by atoms with Gasteiger partial charge in [0.15, 0.2) is 0 Å². The summed E-state index contributed by atoms with van der Waals surface area (Å²) in [5.41, 5.74) is 2.03. The van der Waals surface area contributed by atoms with Crippen molar-refractivity contribution in [3.05, 3.63) is 29.8 Å². The van der Waals surface area contributed by atoms with E-state index in [-0.39, 0.29) is 5.91 Å². The third-order valence-electron chi connectivity index (χ3n) is 1.81. The number of hydrogen-bond acceptors (Lipinski definition) is 2. The highest BCUT2D eigenvalue weighted by atomic mass is 16.1. The van der Waals surface area contributed by atoms with Crippen LogP contribution in [-0.4, -0.2) is 24.9 Å². The van der Waals surface area contributed by atoms with Crippen LogP contribution in [0.15, 0.2) is 24.3 Å². The number of nitrogens with zero attached hydrogens (tertiary/aromatic N) is 1. The van der Waals surface area contributed by atoms with E-state index in [9.17, 15) is 4.79 Å². The Morgan fingerprint density at radius 3 is 2.57 bits per heavy atom. The zero-order chi connectivity index (χ0) is 10.6. The lowest BCUT2D eigenvalue weighted by Gasteiger charge is -2.13. The Bertz CT molecular complexity index is 321. The minimum Gasteiger partial charge on any atom is -0.326 e. The summed E-state index contributed by atoms with van der Waals surface area (Å²) >= 11 is 0. The van der Waals surface area contributed by atoms with Gasteiger partial charge in [0.05, 0.1) is 0 Å². The highest BCUT2D eigenvalue weighted by Crippen LogP contribution is 2.15. The van der Waals surface area contributed by atoms with Crippen molar-refractivity contribution in [2.75, 3.05) is 19.4 Å². The van der Waals surface area contributed by atoms with Crippen LogP contribution in [0, 0.1) is 0 Å². The number of carbonyl (C=O) groups excluding carboxylic acids is 1. The van der Waals surface area contributed by atoms with Crippen LogP contribution in [0.1, 0.15) is 12.5 Å². The van der Waals surface area contributed by atoms with Crippen molar-refractivity contribution in [3.8, 4) is 0 Å². The van der Waals surface area contributed by atoms with E-state index < -0.39 is 0 Å².